The fraction of sp³-hybridized carbons (Fsp3) is 0.100. The van der Waals surface area contributed by atoms with E-state index in [0.717, 1.165) is 5.56 Å². The predicted molar refractivity (Wildman–Crippen MR) is 52.9 cm³/mol. The predicted octanol–water partition coefficient (Wildman–Crippen LogP) is 0.507. The van der Waals surface area contributed by atoms with Crippen molar-refractivity contribution in [2.75, 3.05) is 0 Å². The molecule has 0 radical (unpaired) electrons. The molecule has 14 heavy (non-hydrogen) atoms. The zero-order valence-corrected chi connectivity index (χ0v) is 7.51. The van der Waals surface area contributed by atoms with Gasteiger partial charge in [-0.2, -0.15) is 0 Å². The molecule has 0 aliphatic rings. The molecular weight excluding hydrogens is 180 g/mol. The van der Waals surface area contributed by atoms with Gasteiger partial charge in [0.2, 0.25) is 5.91 Å². The number of primary amides is 1. The van der Waals surface area contributed by atoms with Crippen molar-refractivity contribution in [2.24, 2.45) is 10.7 Å². The molecular formula is C10H10N2O2. The largest absolute Gasteiger partial charge is 0.369 e. The molecule has 4 heteroatoms. The van der Waals surface area contributed by atoms with Gasteiger partial charge in [0.05, 0.1) is 0 Å². The molecule has 0 heterocycles. The zero-order valence-electron chi connectivity index (χ0n) is 7.51. The van der Waals surface area contributed by atoms with Crippen LogP contribution in [-0.4, -0.2) is 18.0 Å². The minimum atomic E-state index is -0.666. The second-order valence-electron chi connectivity index (χ2n) is 2.71. The Bertz CT molecular complexity index is 358. The first-order valence-electron chi connectivity index (χ1n) is 4.09. The molecule has 0 aliphatic heterocycles. The molecule has 2 amide bonds. The number of nitrogens with zero attached hydrogens (tertiary/aromatic N) is 1. The lowest BCUT2D eigenvalue weighted by Crippen LogP contribution is -2.14. The molecule has 0 aromatic heterocycles. The lowest BCUT2D eigenvalue weighted by atomic mass is 10.2. The Morgan fingerprint density at radius 3 is 2.50 bits per heavy atom. The summed E-state index contributed by atoms with van der Waals surface area (Å²) < 4.78 is 0. The van der Waals surface area contributed by atoms with E-state index in [1.165, 1.54) is 6.21 Å². The van der Waals surface area contributed by atoms with E-state index in [9.17, 15) is 9.59 Å². The highest BCUT2D eigenvalue weighted by atomic mass is 16.2. The van der Waals surface area contributed by atoms with Crippen LogP contribution < -0.4 is 5.73 Å². The van der Waals surface area contributed by atoms with E-state index < -0.39 is 11.8 Å². The fourth-order valence-corrected chi connectivity index (χ4v) is 0.880. The number of carbonyl (C=O) groups is 2. The summed E-state index contributed by atoms with van der Waals surface area (Å²) in [6.07, 6.45) is 1.06. The Labute approximate surface area is 81.4 Å². The van der Waals surface area contributed by atoms with Gasteiger partial charge in [-0.15, -0.1) is 0 Å². The third kappa shape index (κ3) is 3.62. The van der Waals surface area contributed by atoms with Crippen LogP contribution in [0.3, 0.4) is 0 Å². The first-order valence-corrected chi connectivity index (χ1v) is 4.09. The van der Waals surface area contributed by atoms with Gasteiger partial charge >= 0.3 is 0 Å². The molecule has 0 fully saturated rings. The standard InChI is InChI=1S/C10H10N2O2/c11-9(13)6-10(14)12-7-8-4-2-1-3-5-8/h1-5,7H,6H2,(H2,11,13). The van der Waals surface area contributed by atoms with E-state index in [1.54, 1.807) is 12.1 Å². The monoisotopic (exact) mass is 190 g/mol. The number of hydrogen-bond acceptors (Lipinski definition) is 2. The molecule has 0 aliphatic carbocycles. The molecule has 0 unspecified atom stereocenters. The van der Waals surface area contributed by atoms with Gasteiger partial charge in [0.1, 0.15) is 6.42 Å². The van der Waals surface area contributed by atoms with Gasteiger partial charge in [-0.05, 0) is 5.56 Å². The van der Waals surface area contributed by atoms with Crippen LogP contribution in [0.15, 0.2) is 35.3 Å². The number of carbonyl (C=O) groups excluding carboxylic acids is 2. The van der Waals surface area contributed by atoms with Crippen molar-refractivity contribution in [3.63, 3.8) is 0 Å². The maximum absolute atomic E-state index is 10.9. The molecule has 0 spiro atoms. The SMILES string of the molecule is NC(=O)CC(=O)N=Cc1ccccc1. The van der Waals surface area contributed by atoms with Crippen LogP contribution in [0.4, 0.5) is 0 Å². The van der Waals surface area contributed by atoms with Crippen LogP contribution >= 0.6 is 0 Å². The smallest absolute Gasteiger partial charge is 0.255 e. The lowest BCUT2D eigenvalue weighted by Gasteiger charge is -1.90. The number of hydrogen-bond donors (Lipinski definition) is 1. The highest BCUT2D eigenvalue weighted by molar-refractivity contribution is 6.01. The minimum absolute atomic E-state index is 0.344. The average Bonchev–Trinajstić information content (AvgIpc) is 2.15. The summed E-state index contributed by atoms with van der Waals surface area (Å²) in [6, 6.07) is 9.14. The van der Waals surface area contributed by atoms with Gasteiger partial charge in [0, 0.05) is 6.21 Å². The molecule has 1 rings (SSSR count). The van der Waals surface area contributed by atoms with Crippen molar-refractivity contribution >= 4 is 18.0 Å². The Morgan fingerprint density at radius 1 is 1.29 bits per heavy atom. The second kappa shape index (κ2) is 4.91. The van der Waals surface area contributed by atoms with E-state index in [4.69, 9.17) is 5.73 Å². The minimum Gasteiger partial charge on any atom is -0.369 e. The quantitative estimate of drug-likeness (QED) is 0.557. The molecule has 1 aromatic rings. The van der Waals surface area contributed by atoms with Crippen LogP contribution in [0, 0.1) is 0 Å². The summed E-state index contributed by atoms with van der Waals surface area (Å²) in [5, 5.41) is 0. The maximum atomic E-state index is 10.9. The Kier molecular flexibility index (Phi) is 3.55. The Hall–Kier alpha value is -1.97. The van der Waals surface area contributed by atoms with E-state index in [2.05, 4.69) is 4.99 Å². The highest BCUT2D eigenvalue weighted by Crippen LogP contribution is 1.94. The van der Waals surface area contributed by atoms with Crippen LogP contribution in [0.5, 0.6) is 0 Å². The Balaban J connectivity index is 2.56. The summed E-state index contributed by atoms with van der Waals surface area (Å²) in [7, 11) is 0. The number of nitrogens with two attached hydrogens (primary N) is 1. The zero-order chi connectivity index (χ0) is 10.4. The van der Waals surface area contributed by atoms with Gasteiger partial charge in [-0.25, -0.2) is 4.99 Å². The van der Waals surface area contributed by atoms with Crippen LogP contribution in [-0.2, 0) is 9.59 Å². The number of amides is 2. The van der Waals surface area contributed by atoms with Gasteiger partial charge in [0.25, 0.3) is 5.91 Å². The molecule has 0 bridgehead atoms. The molecule has 4 nitrogen and oxygen atoms in total. The molecule has 72 valence electrons. The number of benzene rings is 1. The molecule has 0 saturated heterocycles. The van der Waals surface area contributed by atoms with Crippen LogP contribution in [0.2, 0.25) is 0 Å². The van der Waals surface area contributed by atoms with Gasteiger partial charge in [-0.3, -0.25) is 9.59 Å². The van der Waals surface area contributed by atoms with Crippen LogP contribution in [0.1, 0.15) is 12.0 Å². The van der Waals surface area contributed by atoms with Crippen molar-refractivity contribution in [1.29, 1.82) is 0 Å². The summed E-state index contributed by atoms with van der Waals surface area (Å²) in [4.78, 5) is 24.8. The van der Waals surface area contributed by atoms with Gasteiger partial charge < -0.3 is 5.73 Å². The van der Waals surface area contributed by atoms with Crippen molar-refractivity contribution in [2.45, 2.75) is 6.42 Å². The summed E-state index contributed by atoms with van der Waals surface area (Å²) in [6.45, 7) is 0. The van der Waals surface area contributed by atoms with Crippen LogP contribution in [0.25, 0.3) is 0 Å². The average molecular weight is 190 g/mol. The van der Waals surface area contributed by atoms with Gasteiger partial charge in [0.15, 0.2) is 0 Å². The molecule has 0 atom stereocenters. The Morgan fingerprint density at radius 2 is 1.93 bits per heavy atom. The molecule has 1 aromatic carbocycles. The van der Waals surface area contributed by atoms with Crippen molar-refractivity contribution in [3.8, 4) is 0 Å². The van der Waals surface area contributed by atoms with E-state index in [-0.39, 0.29) is 6.42 Å². The third-order valence-electron chi connectivity index (χ3n) is 1.48. The van der Waals surface area contributed by atoms with E-state index in [0.29, 0.717) is 0 Å². The summed E-state index contributed by atoms with van der Waals surface area (Å²) >= 11 is 0. The van der Waals surface area contributed by atoms with E-state index in [1.807, 2.05) is 18.2 Å². The summed E-state index contributed by atoms with van der Waals surface area (Å²) in [5.74, 6) is -1.19. The number of aliphatic imine (C=N–C) groups is 1. The second-order valence-corrected chi connectivity index (χ2v) is 2.71. The third-order valence-corrected chi connectivity index (χ3v) is 1.48. The van der Waals surface area contributed by atoms with Crippen molar-refractivity contribution in [3.05, 3.63) is 35.9 Å². The topological polar surface area (TPSA) is 72.5 Å². The maximum Gasteiger partial charge on any atom is 0.255 e. The lowest BCUT2D eigenvalue weighted by molar-refractivity contribution is -0.125. The normalized spacial score (nSPS) is 10.3. The van der Waals surface area contributed by atoms with Crippen molar-refractivity contribution in [1.82, 2.24) is 0 Å². The number of rotatable bonds is 3. The molecule has 0 saturated carbocycles. The summed E-state index contributed by atoms with van der Waals surface area (Å²) in [5.41, 5.74) is 5.64. The van der Waals surface area contributed by atoms with Gasteiger partial charge in [-0.1, -0.05) is 30.3 Å². The molecule has 2 N–H and O–H groups in total. The first-order chi connectivity index (χ1) is 6.68. The van der Waals surface area contributed by atoms with E-state index >= 15 is 0 Å². The first kappa shape index (κ1) is 10.1. The van der Waals surface area contributed by atoms with Crippen molar-refractivity contribution < 1.29 is 9.59 Å². The fourth-order valence-electron chi connectivity index (χ4n) is 0.880. The highest BCUT2D eigenvalue weighted by Gasteiger charge is 2.01.